The van der Waals surface area contributed by atoms with E-state index in [0.717, 1.165) is 4.90 Å². The number of carbonyl (C=O) groups excluding carboxylic acids is 1. The lowest BCUT2D eigenvalue weighted by Gasteiger charge is -2.19. The zero-order valence-corrected chi connectivity index (χ0v) is 10.2. The molecule has 1 atom stereocenters. The molecule has 0 spiro atoms. The van der Waals surface area contributed by atoms with Crippen LogP contribution in [0.25, 0.3) is 0 Å². The van der Waals surface area contributed by atoms with Gasteiger partial charge in [0.05, 0.1) is 11.4 Å². The molecule has 0 saturated carbocycles. The van der Waals surface area contributed by atoms with Crippen LogP contribution in [0.1, 0.15) is 5.56 Å². The summed E-state index contributed by atoms with van der Waals surface area (Å²) in [6.07, 6.45) is 0.130. The van der Waals surface area contributed by atoms with E-state index in [0.29, 0.717) is 11.3 Å². The Morgan fingerprint density at radius 2 is 2.28 bits per heavy atom. The maximum Gasteiger partial charge on any atom is 0.320 e. The van der Waals surface area contributed by atoms with Gasteiger partial charge < -0.3 is 21.3 Å². The number of rotatable bonds is 3. The molecule has 2 rings (SSSR count). The van der Waals surface area contributed by atoms with E-state index in [4.69, 9.17) is 10.8 Å². The summed E-state index contributed by atoms with van der Waals surface area (Å²) in [6.45, 7) is 0. The first kappa shape index (κ1) is 12.7. The molecule has 0 radical (unpaired) electrons. The molecule has 0 aromatic heterocycles. The van der Waals surface area contributed by atoms with Gasteiger partial charge in [0.2, 0.25) is 5.91 Å². The van der Waals surface area contributed by atoms with Crippen LogP contribution >= 0.6 is 11.8 Å². The Morgan fingerprint density at radius 3 is 2.94 bits per heavy atom. The number of phenolic OH excluding ortho intramolecular Hbond substituents is 1. The number of thioether (sulfide) groups is 1. The van der Waals surface area contributed by atoms with Crippen LogP contribution in [0.4, 0.5) is 5.69 Å². The predicted molar refractivity (Wildman–Crippen MR) is 66.8 cm³/mol. The third kappa shape index (κ3) is 2.57. The molecule has 1 amide bonds. The van der Waals surface area contributed by atoms with Gasteiger partial charge in [-0.1, -0.05) is 0 Å². The summed E-state index contributed by atoms with van der Waals surface area (Å²) < 4.78 is 0. The Kier molecular flexibility index (Phi) is 3.44. The molecule has 5 N–H and O–H groups in total. The summed E-state index contributed by atoms with van der Waals surface area (Å²) in [5, 5.41) is 21.1. The van der Waals surface area contributed by atoms with Crippen molar-refractivity contribution in [1.82, 2.24) is 0 Å². The van der Waals surface area contributed by atoms with Crippen LogP contribution in [0.15, 0.2) is 17.0 Å². The zero-order chi connectivity index (χ0) is 13.3. The number of aliphatic carboxylic acids is 1. The van der Waals surface area contributed by atoms with E-state index >= 15 is 0 Å². The van der Waals surface area contributed by atoms with Crippen LogP contribution in [-0.4, -0.2) is 33.9 Å². The average molecular weight is 268 g/mol. The van der Waals surface area contributed by atoms with Crippen molar-refractivity contribution in [2.45, 2.75) is 17.4 Å². The number of anilines is 1. The third-order valence-electron chi connectivity index (χ3n) is 2.54. The minimum absolute atomic E-state index is 0.0689. The lowest BCUT2D eigenvalue weighted by molar-refractivity contribution is -0.138. The molecule has 0 fully saturated rings. The van der Waals surface area contributed by atoms with Gasteiger partial charge in [-0.25, -0.2) is 0 Å². The van der Waals surface area contributed by atoms with E-state index in [-0.39, 0.29) is 23.8 Å². The van der Waals surface area contributed by atoms with E-state index in [2.05, 4.69) is 5.32 Å². The number of aromatic hydroxyl groups is 1. The first-order valence-corrected chi connectivity index (χ1v) is 6.23. The number of benzene rings is 1. The SMILES string of the molecule is NC(Cc1cc(O)c2c(c1)SCC(=O)N2)C(=O)O. The van der Waals surface area contributed by atoms with Crippen LogP contribution in [0, 0.1) is 0 Å². The highest BCUT2D eigenvalue weighted by Crippen LogP contribution is 2.39. The zero-order valence-electron chi connectivity index (χ0n) is 9.34. The summed E-state index contributed by atoms with van der Waals surface area (Å²) in [7, 11) is 0. The predicted octanol–water partition coefficient (Wildman–Crippen LogP) is 0.391. The summed E-state index contributed by atoms with van der Waals surface area (Å²) in [6, 6.07) is 2.15. The van der Waals surface area contributed by atoms with E-state index in [1.54, 1.807) is 6.07 Å². The minimum atomic E-state index is -1.09. The van der Waals surface area contributed by atoms with Crippen molar-refractivity contribution < 1.29 is 19.8 Å². The number of hydrogen-bond donors (Lipinski definition) is 4. The Labute approximate surface area is 107 Å². The molecule has 0 aliphatic carbocycles. The van der Waals surface area contributed by atoms with Crippen molar-refractivity contribution in [3.63, 3.8) is 0 Å². The van der Waals surface area contributed by atoms with E-state index in [9.17, 15) is 14.7 Å². The molecule has 1 aliphatic heterocycles. The molecule has 96 valence electrons. The number of carboxylic acids is 1. The van der Waals surface area contributed by atoms with Crippen molar-refractivity contribution in [2.24, 2.45) is 5.73 Å². The van der Waals surface area contributed by atoms with Gasteiger partial charge in [0.1, 0.15) is 11.8 Å². The van der Waals surface area contributed by atoms with Gasteiger partial charge in [-0.3, -0.25) is 9.59 Å². The van der Waals surface area contributed by atoms with Crippen molar-refractivity contribution in [3.05, 3.63) is 17.7 Å². The van der Waals surface area contributed by atoms with E-state index in [1.165, 1.54) is 17.8 Å². The Balaban J connectivity index is 2.28. The topological polar surface area (TPSA) is 113 Å². The van der Waals surface area contributed by atoms with E-state index in [1.807, 2.05) is 0 Å². The van der Waals surface area contributed by atoms with Crippen molar-refractivity contribution >= 4 is 29.3 Å². The first-order valence-electron chi connectivity index (χ1n) is 5.24. The van der Waals surface area contributed by atoms with Gasteiger partial charge in [0, 0.05) is 4.90 Å². The smallest absolute Gasteiger partial charge is 0.320 e. The maximum atomic E-state index is 11.2. The Bertz CT molecular complexity index is 518. The number of nitrogens with two attached hydrogens (primary N) is 1. The molecule has 7 heteroatoms. The lowest BCUT2D eigenvalue weighted by atomic mass is 10.1. The van der Waals surface area contributed by atoms with E-state index < -0.39 is 12.0 Å². The second-order valence-corrected chi connectivity index (χ2v) is 4.99. The quantitative estimate of drug-likeness (QED) is 0.590. The molecular formula is C11H12N2O4S. The molecule has 1 aliphatic rings. The number of hydrogen-bond acceptors (Lipinski definition) is 5. The van der Waals surface area contributed by atoms with Gasteiger partial charge in [0.25, 0.3) is 0 Å². The number of nitrogens with one attached hydrogen (secondary N) is 1. The summed E-state index contributed by atoms with van der Waals surface area (Å²) in [5.41, 5.74) is 6.45. The lowest BCUT2D eigenvalue weighted by Crippen LogP contribution is -2.32. The monoisotopic (exact) mass is 268 g/mol. The second kappa shape index (κ2) is 4.87. The summed E-state index contributed by atoms with van der Waals surface area (Å²) in [4.78, 5) is 22.6. The molecule has 1 heterocycles. The van der Waals surface area contributed by atoms with Gasteiger partial charge in [-0.15, -0.1) is 11.8 Å². The van der Waals surface area contributed by atoms with Gasteiger partial charge in [-0.2, -0.15) is 0 Å². The number of carboxylic acid groups (broad SMARTS) is 1. The number of fused-ring (bicyclic) bond motifs is 1. The molecule has 18 heavy (non-hydrogen) atoms. The minimum Gasteiger partial charge on any atom is -0.506 e. The van der Waals surface area contributed by atoms with Crippen LogP contribution in [0.2, 0.25) is 0 Å². The molecule has 1 aromatic carbocycles. The van der Waals surface area contributed by atoms with Crippen molar-refractivity contribution in [3.8, 4) is 5.75 Å². The number of amides is 1. The molecule has 1 unspecified atom stereocenters. The highest BCUT2D eigenvalue weighted by Gasteiger charge is 2.21. The van der Waals surface area contributed by atoms with Crippen molar-refractivity contribution in [1.29, 1.82) is 0 Å². The molecular weight excluding hydrogens is 256 g/mol. The average Bonchev–Trinajstić information content (AvgIpc) is 2.30. The largest absolute Gasteiger partial charge is 0.506 e. The van der Waals surface area contributed by atoms with Crippen molar-refractivity contribution in [2.75, 3.05) is 11.1 Å². The third-order valence-corrected chi connectivity index (χ3v) is 3.58. The standard InChI is InChI=1S/C11H12N2O4S/c12-6(11(16)17)1-5-2-7(14)10-8(3-5)18-4-9(15)13-10/h2-3,6,14H,1,4,12H2,(H,13,15)(H,16,17). The van der Waals surface area contributed by atoms with Gasteiger partial charge in [0.15, 0.2) is 0 Å². The molecule has 1 aromatic rings. The second-order valence-electron chi connectivity index (χ2n) is 3.97. The fraction of sp³-hybridized carbons (Fsp3) is 0.273. The fourth-order valence-corrected chi connectivity index (χ4v) is 2.57. The first-order chi connectivity index (χ1) is 8.47. The van der Waals surface area contributed by atoms with Gasteiger partial charge in [-0.05, 0) is 24.1 Å². The normalized spacial score (nSPS) is 15.7. The van der Waals surface area contributed by atoms with Crippen LogP contribution in [0.5, 0.6) is 5.75 Å². The van der Waals surface area contributed by atoms with Gasteiger partial charge >= 0.3 is 5.97 Å². The maximum absolute atomic E-state index is 11.2. The highest BCUT2D eigenvalue weighted by atomic mass is 32.2. The fourth-order valence-electron chi connectivity index (χ4n) is 1.67. The Morgan fingerprint density at radius 1 is 1.56 bits per heavy atom. The number of carbonyl (C=O) groups is 2. The van der Waals surface area contributed by atoms with Crippen LogP contribution in [-0.2, 0) is 16.0 Å². The molecule has 0 saturated heterocycles. The summed E-state index contributed by atoms with van der Waals surface area (Å²) in [5.74, 6) is -1.05. The van der Waals surface area contributed by atoms with Crippen LogP contribution < -0.4 is 11.1 Å². The molecule has 0 bridgehead atoms. The highest BCUT2D eigenvalue weighted by molar-refractivity contribution is 8.00. The summed E-state index contributed by atoms with van der Waals surface area (Å²) >= 11 is 1.30. The Hall–Kier alpha value is -1.73. The molecule has 6 nitrogen and oxygen atoms in total. The number of phenols is 1. The van der Waals surface area contributed by atoms with Crippen LogP contribution in [0.3, 0.4) is 0 Å².